The molecule has 6 nitrogen and oxygen atoms in total. The van der Waals surface area contributed by atoms with Crippen LogP contribution in [-0.4, -0.2) is 30.1 Å². The van der Waals surface area contributed by atoms with E-state index in [1.165, 1.54) is 12.3 Å². The van der Waals surface area contributed by atoms with E-state index >= 15 is 0 Å². The summed E-state index contributed by atoms with van der Waals surface area (Å²) in [7, 11) is -3.68. The van der Waals surface area contributed by atoms with Gasteiger partial charge in [-0.3, -0.25) is 0 Å². The maximum absolute atomic E-state index is 12.3. The van der Waals surface area contributed by atoms with Crippen molar-refractivity contribution in [1.82, 2.24) is 9.29 Å². The van der Waals surface area contributed by atoms with Crippen LogP contribution in [0.3, 0.4) is 0 Å². The van der Waals surface area contributed by atoms with Crippen molar-refractivity contribution >= 4 is 16.0 Å². The van der Waals surface area contributed by atoms with Gasteiger partial charge in [0, 0.05) is 18.3 Å². The lowest BCUT2D eigenvalue weighted by atomic mass is 10.1. The number of nitrogens with one attached hydrogen (secondary N) is 1. The van der Waals surface area contributed by atoms with Crippen molar-refractivity contribution in [1.29, 1.82) is 0 Å². The van der Waals surface area contributed by atoms with Crippen LogP contribution >= 0.6 is 0 Å². The maximum Gasteiger partial charge on any atom is 0.352 e. The van der Waals surface area contributed by atoms with Gasteiger partial charge in [-0.25, -0.2) is 17.9 Å². The lowest BCUT2D eigenvalue weighted by Crippen LogP contribution is -2.35. The monoisotopic (exact) mass is 300 g/mol. The molecule has 1 fully saturated rings. The van der Waals surface area contributed by atoms with Gasteiger partial charge < -0.3 is 9.67 Å². The molecule has 2 N–H and O–H groups in total. The van der Waals surface area contributed by atoms with Crippen molar-refractivity contribution in [3.05, 3.63) is 18.0 Å². The van der Waals surface area contributed by atoms with Crippen LogP contribution in [-0.2, 0) is 10.0 Å². The molecule has 112 valence electrons. The summed E-state index contributed by atoms with van der Waals surface area (Å²) < 4.78 is 28.7. The van der Waals surface area contributed by atoms with Gasteiger partial charge in [0.25, 0.3) is 0 Å². The number of carbonyl (C=O) groups is 1. The Morgan fingerprint density at radius 3 is 2.45 bits per heavy atom. The van der Waals surface area contributed by atoms with Gasteiger partial charge in [0.2, 0.25) is 10.0 Å². The quantitative estimate of drug-likeness (QED) is 0.839. The Labute approximate surface area is 118 Å². The van der Waals surface area contributed by atoms with Gasteiger partial charge in [-0.15, -0.1) is 0 Å². The van der Waals surface area contributed by atoms with Crippen LogP contribution in [0.2, 0.25) is 0 Å². The highest BCUT2D eigenvalue weighted by Crippen LogP contribution is 2.37. The summed E-state index contributed by atoms with van der Waals surface area (Å²) >= 11 is 0. The zero-order valence-corrected chi connectivity index (χ0v) is 12.6. The molecule has 0 bridgehead atoms. The van der Waals surface area contributed by atoms with E-state index in [2.05, 4.69) is 4.72 Å². The topological polar surface area (TPSA) is 88.4 Å². The van der Waals surface area contributed by atoms with Crippen LogP contribution in [0.4, 0.5) is 0 Å². The maximum atomic E-state index is 12.3. The van der Waals surface area contributed by atoms with Crippen molar-refractivity contribution in [2.75, 3.05) is 0 Å². The number of rotatable bonds is 6. The molecule has 1 aliphatic carbocycles. The van der Waals surface area contributed by atoms with E-state index < -0.39 is 16.0 Å². The fourth-order valence-corrected chi connectivity index (χ4v) is 3.29. The number of carboxylic acid groups (broad SMARTS) is 1. The molecule has 1 aromatic rings. The third kappa shape index (κ3) is 3.04. The molecule has 1 atom stereocenters. The first-order valence-corrected chi connectivity index (χ1v) is 8.18. The highest BCUT2D eigenvalue weighted by Gasteiger charge is 2.31. The summed E-state index contributed by atoms with van der Waals surface area (Å²) in [5.41, 5.74) is 0.0325. The minimum atomic E-state index is -3.68. The number of hydrogen-bond donors (Lipinski definition) is 2. The summed E-state index contributed by atoms with van der Waals surface area (Å²) in [6.07, 6.45) is 3.21. The van der Waals surface area contributed by atoms with E-state index in [1.807, 2.05) is 13.8 Å². The molecule has 7 heteroatoms. The van der Waals surface area contributed by atoms with Crippen LogP contribution < -0.4 is 4.72 Å². The van der Waals surface area contributed by atoms with Crippen LogP contribution in [0.5, 0.6) is 0 Å². The second-order valence-corrected chi connectivity index (χ2v) is 7.37. The lowest BCUT2D eigenvalue weighted by Gasteiger charge is -2.16. The average Bonchev–Trinajstić information content (AvgIpc) is 3.06. The third-order valence-corrected chi connectivity index (χ3v) is 5.16. The summed E-state index contributed by atoms with van der Waals surface area (Å²) in [6, 6.07) is 1.14. The Hall–Kier alpha value is -1.34. The van der Waals surface area contributed by atoms with Gasteiger partial charge >= 0.3 is 5.97 Å². The molecule has 2 rings (SSSR count). The van der Waals surface area contributed by atoms with Crippen molar-refractivity contribution in [2.45, 2.75) is 50.6 Å². The summed E-state index contributed by atoms with van der Waals surface area (Å²) in [4.78, 5) is 11.2. The van der Waals surface area contributed by atoms with Gasteiger partial charge in [0.05, 0.1) is 0 Å². The predicted octanol–water partition coefficient (Wildman–Crippen LogP) is 1.84. The van der Waals surface area contributed by atoms with Gasteiger partial charge in [0.1, 0.15) is 10.6 Å². The Bertz CT molecular complexity index is 614. The Kier molecular flexibility index (Phi) is 3.93. The first-order valence-electron chi connectivity index (χ1n) is 6.70. The highest BCUT2D eigenvalue weighted by molar-refractivity contribution is 7.89. The standard InChI is InChI=1S/C13H20N2O4S/c1-8(2)9(3)14-20(18,19)11-6-12(13(16)17)15(7-11)10-4-5-10/h6-10,14H,4-5H2,1-3H3,(H,16,17). The first-order chi connectivity index (χ1) is 9.22. The number of aromatic nitrogens is 1. The van der Waals surface area contributed by atoms with E-state index in [1.54, 1.807) is 11.5 Å². The molecular weight excluding hydrogens is 280 g/mol. The van der Waals surface area contributed by atoms with E-state index in [-0.39, 0.29) is 28.6 Å². The predicted molar refractivity (Wildman–Crippen MR) is 74.3 cm³/mol. The van der Waals surface area contributed by atoms with E-state index in [9.17, 15) is 13.2 Å². The fourth-order valence-electron chi connectivity index (χ4n) is 1.88. The molecule has 1 aliphatic rings. The molecule has 1 heterocycles. The molecule has 1 unspecified atom stereocenters. The molecule has 20 heavy (non-hydrogen) atoms. The van der Waals surface area contributed by atoms with E-state index in [0.29, 0.717) is 0 Å². The Balaban J connectivity index is 2.32. The minimum absolute atomic E-state index is 0.0225. The normalized spacial score (nSPS) is 17.4. The van der Waals surface area contributed by atoms with Crippen molar-refractivity contribution in [3.8, 4) is 0 Å². The van der Waals surface area contributed by atoms with Crippen LogP contribution in [0.15, 0.2) is 17.2 Å². The van der Waals surface area contributed by atoms with Gasteiger partial charge in [-0.2, -0.15) is 0 Å². The zero-order chi connectivity index (χ0) is 15.1. The Morgan fingerprint density at radius 1 is 1.40 bits per heavy atom. The van der Waals surface area contributed by atoms with Crippen molar-refractivity contribution in [3.63, 3.8) is 0 Å². The van der Waals surface area contributed by atoms with Gasteiger partial charge in [-0.1, -0.05) is 13.8 Å². The minimum Gasteiger partial charge on any atom is -0.477 e. The summed E-state index contributed by atoms with van der Waals surface area (Å²) in [5, 5.41) is 9.16. The summed E-state index contributed by atoms with van der Waals surface area (Å²) in [6.45, 7) is 5.63. The first kappa shape index (κ1) is 15.1. The number of nitrogens with zero attached hydrogens (tertiary/aromatic N) is 1. The molecule has 0 aliphatic heterocycles. The summed E-state index contributed by atoms with van der Waals surface area (Å²) in [5.74, 6) is -0.940. The van der Waals surface area contributed by atoms with Crippen molar-refractivity contribution in [2.24, 2.45) is 5.92 Å². The Morgan fingerprint density at radius 2 is 2.00 bits per heavy atom. The lowest BCUT2D eigenvalue weighted by molar-refractivity contribution is 0.0685. The molecule has 1 saturated carbocycles. The number of aromatic carboxylic acids is 1. The van der Waals surface area contributed by atoms with Gasteiger partial charge in [-0.05, 0) is 31.7 Å². The molecule has 0 aromatic carbocycles. The van der Waals surface area contributed by atoms with Crippen LogP contribution in [0.1, 0.15) is 50.1 Å². The molecular formula is C13H20N2O4S. The zero-order valence-electron chi connectivity index (χ0n) is 11.8. The highest BCUT2D eigenvalue weighted by atomic mass is 32.2. The average molecular weight is 300 g/mol. The smallest absolute Gasteiger partial charge is 0.352 e. The van der Waals surface area contributed by atoms with Crippen LogP contribution in [0.25, 0.3) is 0 Å². The largest absolute Gasteiger partial charge is 0.477 e. The number of hydrogen-bond acceptors (Lipinski definition) is 3. The molecule has 0 saturated heterocycles. The van der Waals surface area contributed by atoms with E-state index in [4.69, 9.17) is 5.11 Å². The second kappa shape index (κ2) is 5.21. The fraction of sp³-hybridized carbons (Fsp3) is 0.615. The molecule has 0 radical (unpaired) electrons. The third-order valence-electron chi connectivity index (χ3n) is 3.63. The molecule has 0 amide bonds. The second-order valence-electron chi connectivity index (χ2n) is 5.66. The van der Waals surface area contributed by atoms with Crippen LogP contribution in [0, 0.1) is 5.92 Å². The number of carboxylic acids is 1. The number of sulfonamides is 1. The molecule has 0 spiro atoms. The van der Waals surface area contributed by atoms with E-state index in [0.717, 1.165) is 12.8 Å². The van der Waals surface area contributed by atoms with Crippen molar-refractivity contribution < 1.29 is 18.3 Å². The molecule has 1 aromatic heterocycles. The SMILES string of the molecule is CC(C)C(C)NS(=O)(=O)c1cc(C(=O)O)n(C2CC2)c1. The van der Waals surface area contributed by atoms with Gasteiger partial charge in [0.15, 0.2) is 0 Å².